The number of hydrogen-bond acceptors (Lipinski definition) is 4. The van der Waals surface area contributed by atoms with Crippen LogP contribution in [0.25, 0.3) is 0 Å². The molecule has 4 fully saturated rings. The van der Waals surface area contributed by atoms with Crippen LogP contribution in [0.4, 0.5) is 0 Å². The van der Waals surface area contributed by atoms with Crippen molar-refractivity contribution in [3.63, 3.8) is 0 Å². The maximum atomic E-state index is 13.3. The van der Waals surface area contributed by atoms with E-state index >= 15 is 0 Å². The molecule has 2 aliphatic heterocycles. The van der Waals surface area contributed by atoms with Gasteiger partial charge in [-0.2, -0.15) is 0 Å². The van der Waals surface area contributed by atoms with Crippen molar-refractivity contribution in [2.24, 2.45) is 40.9 Å². The van der Waals surface area contributed by atoms with Crippen LogP contribution in [0, 0.1) is 40.9 Å². The molecule has 6 nitrogen and oxygen atoms in total. The molecule has 6 heteroatoms. The highest BCUT2D eigenvalue weighted by Gasteiger charge is 2.60. The molecule has 8 atom stereocenters. The lowest BCUT2D eigenvalue weighted by Gasteiger charge is -2.53. The van der Waals surface area contributed by atoms with Gasteiger partial charge in [-0.1, -0.05) is 13.8 Å². The van der Waals surface area contributed by atoms with Gasteiger partial charge in [-0.25, -0.2) is 0 Å². The molecule has 2 heterocycles. The average Bonchev–Trinajstić information content (AvgIpc) is 2.89. The summed E-state index contributed by atoms with van der Waals surface area (Å²) in [4.78, 5) is 37.2. The van der Waals surface area contributed by atoms with Crippen LogP contribution in [0.15, 0.2) is 0 Å². The quantitative estimate of drug-likeness (QED) is 0.667. The van der Waals surface area contributed by atoms with E-state index in [4.69, 9.17) is 4.74 Å². The number of nitrogens with one attached hydrogen (secondary N) is 2. The Morgan fingerprint density at radius 1 is 1.10 bits per heavy atom. The van der Waals surface area contributed by atoms with Gasteiger partial charge in [0.05, 0.1) is 7.11 Å². The molecule has 2 saturated carbocycles. The van der Waals surface area contributed by atoms with Crippen LogP contribution < -0.4 is 10.6 Å². The van der Waals surface area contributed by atoms with Gasteiger partial charge in [0.2, 0.25) is 11.8 Å². The Morgan fingerprint density at radius 2 is 1.87 bits per heavy atom. The van der Waals surface area contributed by atoms with Gasteiger partial charge in [-0.15, -0.1) is 0 Å². The van der Waals surface area contributed by atoms with E-state index in [0.717, 1.165) is 45.1 Å². The first-order valence-corrected chi connectivity index (χ1v) is 12.3. The zero-order chi connectivity index (χ0) is 22.4. The second-order valence-corrected chi connectivity index (χ2v) is 11.3. The first-order chi connectivity index (χ1) is 14.7. The number of amides is 2. The molecule has 0 aromatic heterocycles. The standard InChI is InChI=1S/C25H40N2O4/c1-15(5-10-23(30)31-4)18-8-9-19-17-7-6-16-13-21(28)26-12-11-24(16,2)20(17)14-22(29)27-25(18,19)3/h15-20H,5-14H2,1-4H3,(H,26,28)(H,27,29)/t15-,16-,17?,18-,19?,20?,24+,25-/m1/s1. The minimum atomic E-state index is -0.214. The third-order valence-electron chi connectivity index (χ3n) is 9.94. The highest BCUT2D eigenvalue weighted by atomic mass is 16.5. The van der Waals surface area contributed by atoms with Gasteiger partial charge in [-0.3, -0.25) is 14.4 Å². The van der Waals surface area contributed by atoms with Gasteiger partial charge in [0.15, 0.2) is 0 Å². The van der Waals surface area contributed by atoms with Crippen molar-refractivity contribution in [1.29, 1.82) is 0 Å². The van der Waals surface area contributed by atoms with Gasteiger partial charge >= 0.3 is 5.97 Å². The highest BCUT2D eigenvalue weighted by Crippen LogP contribution is 2.61. The minimum Gasteiger partial charge on any atom is -0.469 e. The van der Waals surface area contributed by atoms with Crippen LogP contribution in [0.1, 0.15) is 78.6 Å². The second kappa shape index (κ2) is 8.40. The molecule has 0 aromatic rings. The first kappa shape index (κ1) is 22.6. The molecule has 31 heavy (non-hydrogen) atoms. The van der Waals surface area contributed by atoms with E-state index in [1.54, 1.807) is 0 Å². The molecule has 0 aromatic carbocycles. The number of rotatable bonds is 4. The van der Waals surface area contributed by atoms with Crippen molar-refractivity contribution >= 4 is 17.8 Å². The molecular weight excluding hydrogens is 392 g/mol. The zero-order valence-electron chi connectivity index (χ0n) is 19.7. The fraction of sp³-hybridized carbons (Fsp3) is 0.880. The fourth-order valence-corrected chi connectivity index (χ4v) is 8.23. The maximum absolute atomic E-state index is 13.3. The Kier molecular flexibility index (Phi) is 6.12. The van der Waals surface area contributed by atoms with Crippen LogP contribution >= 0.6 is 0 Å². The summed E-state index contributed by atoms with van der Waals surface area (Å²) < 4.78 is 4.84. The predicted octanol–water partition coefficient (Wildman–Crippen LogP) is 3.44. The lowest BCUT2D eigenvalue weighted by Crippen LogP contribution is -2.55. The Bertz CT molecular complexity index is 739. The molecule has 2 aliphatic carbocycles. The Hall–Kier alpha value is -1.59. The van der Waals surface area contributed by atoms with Crippen LogP contribution in [0.2, 0.25) is 0 Å². The lowest BCUT2D eigenvalue weighted by atomic mass is 9.51. The van der Waals surface area contributed by atoms with Crippen molar-refractivity contribution in [1.82, 2.24) is 10.6 Å². The smallest absolute Gasteiger partial charge is 0.305 e. The summed E-state index contributed by atoms with van der Waals surface area (Å²) >= 11 is 0. The maximum Gasteiger partial charge on any atom is 0.305 e. The molecular formula is C25H40N2O4. The summed E-state index contributed by atoms with van der Waals surface area (Å²) in [5.74, 6) is 2.66. The van der Waals surface area contributed by atoms with Crippen LogP contribution in [-0.4, -0.2) is 37.0 Å². The van der Waals surface area contributed by atoms with Crippen molar-refractivity contribution in [3.8, 4) is 0 Å². The van der Waals surface area contributed by atoms with E-state index in [9.17, 15) is 14.4 Å². The van der Waals surface area contributed by atoms with Crippen molar-refractivity contribution in [2.75, 3.05) is 13.7 Å². The molecule has 0 radical (unpaired) electrons. The summed E-state index contributed by atoms with van der Waals surface area (Å²) in [7, 11) is 1.44. The van der Waals surface area contributed by atoms with Gasteiger partial charge in [0.25, 0.3) is 0 Å². The Morgan fingerprint density at radius 3 is 2.61 bits per heavy atom. The number of carbonyl (C=O) groups excluding carboxylic acids is 3. The SMILES string of the molecule is COC(=O)CC[C@@H](C)[C@H]1CCC2C3CC[C@@H]4CC(=O)NCC[C@]4(C)C3CC(=O)N[C@@]21C. The van der Waals surface area contributed by atoms with Gasteiger partial charge in [0, 0.05) is 31.3 Å². The number of fused-ring (bicyclic) bond motifs is 5. The largest absolute Gasteiger partial charge is 0.469 e. The first-order valence-electron chi connectivity index (χ1n) is 12.3. The van der Waals surface area contributed by atoms with Gasteiger partial charge < -0.3 is 15.4 Å². The topological polar surface area (TPSA) is 84.5 Å². The average molecular weight is 433 g/mol. The van der Waals surface area contributed by atoms with Gasteiger partial charge in [0.1, 0.15) is 0 Å². The van der Waals surface area contributed by atoms with Crippen LogP contribution in [0.3, 0.4) is 0 Å². The van der Waals surface area contributed by atoms with Crippen molar-refractivity contribution in [2.45, 2.75) is 84.1 Å². The summed E-state index contributed by atoms with van der Waals surface area (Å²) in [5.41, 5.74) is -0.173. The third kappa shape index (κ3) is 3.89. The molecule has 174 valence electrons. The minimum absolute atomic E-state index is 0.0409. The Balaban J connectivity index is 1.59. The van der Waals surface area contributed by atoms with E-state index in [2.05, 4.69) is 31.4 Å². The van der Waals surface area contributed by atoms with Crippen LogP contribution in [-0.2, 0) is 19.1 Å². The van der Waals surface area contributed by atoms with E-state index in [-0.39, 0.29) is 28.7 Å². The van der Waals surface area contributed by atoms with Gasteiger partial charge in [-0.05, 0) is 86.4 Å². The van der Waals surface area contributed by atoms with E-state index in [1.165, 1.54) is 7.11 Å². The monoisotopic (exact) mass is 432 g/mol. The number of hydrogen-bond donors (Lipinski definition) is 2. The fourth-order valence-electron chi connectivity index (χ4n) is 8.23. The third-order valence-corrected chi connectivity index (χ3v) is 9.94. The number of ether oxygens (including phenoxy) is 1. The summed E-state index contributed by atoms with van der Waals surface area (Å²) in [6, 6.07) is 0. The predicted molar refractivity (Wildman–Crippen MR) is 118 cm³/mol. The van der Waals surface area contributed by atoms with Crippen molar-refractivity contribution < 1.29 is 19.1 Å². The molecule has 2 saturated heterocycles. The molecule has 4 aliphatic rings. The van der Waals surface area contributed by atoms with E-state index in [1.807, 2.05) is 0 Å². The van der Waals surface area contributed by atoms with E-state index in [0.29, 0.717) is 54.8 Å². The molecule has 0 bridgehead atoms. The molecule has 3 unspecified atom stereocenters. The number of methoxy groups -OCH3 is 1. The Labute approximate surface area is 186 Å². The molecule has 0 spiro atoms. The number of carbonyl (C=O) groups is 3. The molecule has 2 N–H and O–H groups in total. The molecule has 2 amide bonds. The van der Waals surface area contributed by atoms with Crippen molar-refractivity contribution in [3.05, 3.63) is 0 Å². The van der Waals surface area contributed by atoms with E-state index < -0.39 is 0 Å². The summed E-state index contributed by atoms with van der Waals surface area (Å²) in [5, 5.41) is 6.58. The second-order valence-electron chi connectivity index (χ2n) is 11.3. The normalized spacial score (nSPS) is 43.3. The van der Waals surface area contributed by atoms with Crippen LogP contribution in [0.5, 0.6) is 0 Å². The highest BCUT2D eigenvalue weighted by molar-refractivity contribution is 5.78. The zero-order valence-corrected chi connectivity index (χ0v) is 19.7. The summed E-state index contributed by atoms with van der Waals surface area (Å²) in [6.45, 7) is 7.59. The summed E-state index contributed by atoms with van der Waals surface area (Å²) in [6.07, 6.45) is 7.87. The lowest BCUT2D eigenvalue weighted by molar-refractivity contribution is -0.141. The molecule has 4 rings (SSSR count). The number of esters is 1.